The molecule has 1 aliphatic heterocycles. The molecule has 0 aliphatic carbocycles. The predicted octanol–water partition coefficient (Wildman–Crippen LogP) is 3.03. The second kappa shape index (κ2) is 8.10. The van der Waals surface area contributed by atoms with E-state index in [1.54, 1.807) is 48.5 Å². The number of carbonyl (C=O) groups excluding carboxylic acids is 1. The number of sulfonamides is 1. The molecule has 1 heterocycles. The lowest BCUT2D eigenvalue weighted by Gasteiger charge is -2.20. The molecule has 7 nitrogen and oxygen atoms in total. The molecule has 1 unspecified atom stereocenters. The summed E-state index contributed by atoms with van der Waals surface area (Å²) in [6.45, 7) is 4.04. The number of nitrogens with one attached hydrogen (secondary N) is 1. The minimum atomic E-state index is -3.48. The van der Waals surface area contributed by atoms with Gasteiger partial charge >= 0.3 is 0 Å². The highest BCUT2D eigenvalue weighted by Gasteiger charge is 2.31. The standard InChI is InChI=1S/C20H24N2O5S/c1-14(2)26-16-10-8-15(9-11-16)21-20(23)19-12-13-22(28(3,24)25)17-6-4-5-7-18(17)27-19/h4-11,14,19H,12-13H2,1-3H3,(H,21,23). The summed E-state index contributed by atoms with van der Waals surface area (Å²) in [5.41, 5.74) is 1.05. The molecule has 1 amide bonds. The van der Waals surface area contributed by atoms with Gasteiger partial charge in [0.2, 0.25) is 10.0 Å². The molecule has 1 aliphatic rings. The molecule has 1 atom stereocenters. The fraction of sp³-hybridized carbons (Fsp3) is 0.350. The van der Waals surface area contributed by atoms with Gasteiger partial charge in [-0.15, -0.1) is 0 Å². The summed E-state index contributed by atoms with van der Waals surface area (Å²) in [6, 6.07) is 13.9. The molecule has 8 heteroatoms. The van der Waals surface area contributed by atoms with Crippen LogP contribution in [-0.4, -0.2) is 39.3 Å². The monoisotopic (exact) mass is 404 g/mol. The third kappa shape index (κ3) is 4.75. The first-order valence-corrected chi connectivity index (χ1v) is 10.9. The maximum absolute atomic E-state index is 12.7. The summed E-state index contributed by atoms with van der Waals surface area (Å²) in [5, 5.41) is 2.82. The van der Waals surface area contributed by atoms with E-state index < -0.39 is 16.1 Å². The van der Waals surface area contributed by atoms with Gasteiger partial charge in [0.25, 0.3) is 5.91 Å². The lowest BCUT2D eigenvalue weighted by molar-refractivity contribution is -0.122. The van der Waals surface area contributed by atoms with Crippen molar-refractivity contribution in [3.05, 3.63) is 48.5 Å². The maximum atomic E-state index is 12.7. The zero-order chi connectivity index (χ0) is 20.3. The van der Waals surface area contributed by atoms with Crippen LogP contribution in [0.5, 0.6) is 11.5 Å². The summed E-state index contributed by atoms with van der Waals surface area (Å²) in [4.78, 5) is 12.7. The van der Waals surface area contributed by atoms with E-state index in [1.165, 1.54) is 4.31 Å². The first-order valence-electron chi connectivity index (χ1n) is 9.05. The van der Waals surface area contributed by atoms with Crippen molar-refractivity contribution in [2.75, 3.05) is 22.4 Å². The molecule has 3 rings (SSSR count). The molecule has 2 aromatic rings. The van der Waals surface area contributed by atoms with Crippen LogP contribution in [0.2, 0.25) is 0 Å². The van der Waals surface area contributed by atoms with Crippen LogP contribution in [0, 0.1) is 0 Å². The van der Waals surface area contributed by atoms with E-state index in [2.05, 4.69) is 5.32 Å². The number of para-hydroxylation sites is 2. The number of fused-ring (bicyclic) bond motifs is 1. The Kier molecular flexibility index (Phi) is 5.79. The van der Waals surface area contributed by atoms with Crippen LogP contribution in [0.15, 0.2) is 48.5 Å². The highest BCUT2D eigenvalue weighted by Crippen LogP contribution is 2.34. The van der Waals surface area contributed by atoms with E-state index in [1.807, 2.05) is 13.8 Å². The van der Waals surface area contributed by atoms with Crippen LogP contribution < -0.4 is 19.1 Å². The summed E-state index contributed by atoms with van der Waals surface area (Å²) in [6.07, 6.45) is 0.643. The molecule has 0 aromatic heterocycles. The van der Waals surface area contributed by atoms with Gasteiger partial charge in [0.15, 0.2) is 6.10 Å². The smallest absolute Gasteiger partial charge is 0.265 e. The Morgan fingerprint density at radius 1 is 1.18 bits per heavy atom. The fourth-order valence-electron chi connectivity index (χ4n) is 2.97. The maximum Gasteiger partial charge on any atom is 0.265 e. The van der Waals surface area contributed by atoms with Gasteiger partial charge in [0.1, 0.15) is 11.5 Å². The minimum Gasteiger partial charge on any atom is -0.491 e. The number of ether oxygens (including phenoxy) is 2. The molecule has 2 aromatic carbocycles. The van der Waals surface area contributed by atoms with Crippen molar-refractivity contribution in [2.24, 2.45) is 0 Å². The van der Waals surface area contributed by atoms with Gasteiger partial charge in [0, 0.05) is 18.7 Å². The SMILES string of the molecule is CC(C)Oc1ccc(NC(=O)C2CCN(S(C)(=O)=O)c3ccccc3O2)cc1. The molecule has 0 spiro atoms. The predicted molar refractivity (Wildman–Crippen MR) is 109 cm³/mol. The molecule has 150 valence electrons. The van der Waals surface area contributed by atoms with E-state index in [0.717, 1.165) is 12.0 Å². The second-order valence-electron chi connectivity index (χ2n) is 6.88. The molecule has 0 saturated heterocycles. The number of rotatable bonds is 5. The second-order valence-corrected chi connectivity index (χ2v) is 8.79. The number of anilines is 2. The third-order valence-electron chi connectivity index (χ3n) is 4.18. The van der Waals surface area contributed by atoms with E-state index in [0.29, 0.717) is 17.1 Å². The van der Waals surface area contributed by atoms with Crippen LogP contribution in [0.3, 0.4) is 0 Å². The molecule has 1 N–H and O–H groups in total. The Bertz CT molecular complexity index is 941. The first kappa shape index (κ1) is 20.0. The Balaban J connectivity index is 1.75. The van der Waals surface area contributed by atoms with Crippen molar-refractivity contribution in [1.29, 1.82) is 0 Å². The average molecular weight is 404 g/mol. The van der Waals surface area contributed by atoms with Gasteiger partial charge in [-0.2, -0.15) is 0 Å². The van der Waals surface area contributed by atoms with Gasteiger partial charge < -0.3 is 14.8 Å². The first-order chi connectivity index (χ1) is 13.2. The largest absolute Gasteiger partial charge is 0.491 e. The number of benzene rings is 2. The van der Waals surface area contributed by atoms with E-state index >= 15 is 0 Å². The van der Waals surface area contributed by atoms with Crippen molar-refractivity contribution >= 4 is 27.3 Å². The molecular formula is C20H24N2O5S. The number of carbonyl (C=O) groups is 1. The van der Waals surface area contributed by atoms with Crippen molar-refractivity contribution in [3.8, 4) is 11.5 Å². The van der Waals surface area contributed by atoms with Crippen LogP contribution in [0.1, 0.15) is 20.3 Å². The van der Waals surface area contributed by atoms with Gasteiger partial charge in [-0.1, -0.05) is 12.1 Å². The van der Waals surface area contributed by atoms with Crippen molar-refractivity contribution in [3.63, 3.8) is 0 Å². The Labute approximate surface area is 165 Å². The van der Waals surface area contributed by atoms with Crippen molar-refractivity contribution < 1.29 is 22.7 Å². The van der Waals surface area contributed by atoms with E-state index in [-0.39, 0.29) is 25.0 Å². The van der Waals surface area contributed by atoms with Crippen molar-refractivity contribution in [2.45, 2.75) is 32.5 Å². The van der Waals surface area contributed by atoms with Crippen LogP contribution >= 0.6 is 0 Å². The normalized spacial score (nSPS) is 16.7. The minimum absolute atomic E-state index is 0.0673. The van der Waals surface area contributed by atoms with E-state index in [4.69, 9.17) is 9.47 Å². The average Bonchev–Trinajstić information content (AvgIpc) is 2.82. The highest BCUT2D eigenvalue weighted by molar-refractivity contribution is 7.92. The van der Waals surface area contributed by atoms with Crippen LogP contribution in [-0.2, 0) is 14.8 Å². The van der Waals surface area contributed by atoms with Crippen LogP contribution in [0.25, 0.3) is 0 Å². The number of hydrogen-bond donors (Lipinski definition) is 1. The molecular weight excluding hydrogens is 380 g/mol. The zero-order valence-electron chi connectivity index (χ0n) is 16.1. The van der Waals surface area contributed by atoms with E-state index in [9.17, 15) is 13.2 Å². The number of amides is 1. The Morgan fingerprint density at radius 2 is 1.86 bits per heavy atom. The fourth-order valence-corrected chi connectivity index (χ4v) is 3.92. The van der Waals surface area contributed by atoms with Gasteiger partial charge in [0.05, 0.1) is 18.0 Å². The molecule has 0 saturated carbocycles. The molecule has 0 bridgehead atoms. The lowest BCUT2D eigenvalue weighted by Crippen LogP contribution is -2.35. The summed E-state index contributed by atoms with van der Waals surface area (Å²) >= 11 is 0. The molecule has 0 fully saturated rings. The highest BCUT2D eigenvalue weighted by atomic mass is 32.2. The molecule has 28 heavy (non-hydrogen) atoms. The summed E-state index contributed by atoms with van der Waals surface area (Å²) in [7, 11) is -3.48. The number of nitrogens with zero attached hydrogens (tertiary/aromatic N) is 1. The third-order valence-corrected chi connectivity index (χ3v) is 5.36. The van der Waals surface area contributed by atoms with Gasteiger partial charge in [-0.05, 0) is 50.2 Å². The Hall–Kier alpha value is -2.74. The van der Waals surface area contributed by atoms with Gasteiger partial charge in [-0.25, -0.2) is 8.42 Å². The van der Waals surface area contributed by atoms with Gasteiger partial charge in [-0.3, -0.25) is 9.10 Å². The Morgan fingerprint density at radius 3 is 2.50 bits per heavy atom. The summed E-state index contributed by atoms with van der Waals surface area (Å²) in [5.74, 6) is 0.755. The zero-order valence-corrected chi connectivity index (χ0v) is 16.9. The summed E-state index contributed by atoms with van der Waals surface area (Å²) < 4.78 is 37.0. The number of hydrogen-bond acceptors (Lipinski definition) is 5. The van der Waals surface area contributed by atoms with Crippen LogP contribution in [0.4, 0.5) is 11.4 Å². The van der Waals surface area contributed by atoms with Crippen molar-refractivity contribution in [1.82, 2.24) is 0 Å². The lowest BCUT2D eigenvalue weighted by atomic mass is 10.2. The quantitative estimate of drug-likeness (QED) is 0.828. The topological polar surface area (TPSA) is 84.9 Å². The molecule has 0 radical (unpaired) electrons.